The third-order valence-electron chi connectivity index (χ3n) is 7.87. The first kappa shape index (κ1) is 29.2. The lowest BCUT2D eigenvalue weighted by atomic mass is 9.55. The quantitative estimate of drug-likeness (QED) is 0.295. The van der Waals surface area contributed by atoms with Crippen LogP contribution in [0.4, 0.5) is 10.5 Å². The highest BCUT2D eigenvalue weighted by molar-refractivity contribution is 6.24. The van der Waals surface area contributed by atoms with Crippen molar-refractivity contribution in [3.8, 4) is 0 Å². The van der Waals surface area contributed by atoms with Crippen LogP contribution in [0.1, 0.15) is 49.5 Å². The van der Waals surface area contributed by atoms with Crippen LogP contribution in [0.5, 0.6) is 0 Å². The predicted octanol–water partition coefficient (Wildman–Crippen LogP) is 1.54. The summed E-state index contributed by atoms with van der Waals surface area (Å²) in [7, 11) is 2.98. The van der Waals surface area contributed by atoms with E-state index in [2.05, 4.69) is 5.32 Å². The monoisotopic (exact) mass is 557 g/mol. The van der Waals surface area contributed by atoms with Gasteiger partial charge in [-0.15, -0.1) is 0 Å². The third-order valence-corrected chi connectivity index (χ3v) is 7.87. The number of rotatable bonds is 4. The number of primary amides is 1. The van der Waals surface area contributed by atoms with E-state index in [9.17, 15) is 39.6 Å². The van der Waals surface area contributed by atoms with E-state index in [1.54, 1.807) is 19.1 Å². The number of aliphatic hydroxyl groups is 4. The third kappa shape index (κ3) is 4.36. The number of hydrogen-bond donors (Lipinski definition) is 6. The first-order valence-electron chi connectivity index (χ1n) is 12.8. The molecule has 40 heavy (non-hydrogen) atoms. The number of aliphatic hydroxyl groups excluding tert-OH is 3. The molecule has 1 aromatic carbocycles. The number of anilines is 1. The molecule has 0 heterocycles. The molecule has 0 aromatic heterocycles. The van der Waals surface area contributed by atoms with Crippen molar-refractivity contribution in [1.29, 1.82) is 0 Å². The molecule has 0 radical (unpaired) electrons. The molecule has 0 saturated heterocycles. The van der Waals surface area contributed by atoms with Crippen LogP contribution in [0.15, 0.2) is 40.9 Å². The molecule has 12 nitrogen and oxygen atoms in total. The fraction of sp³-hybridized carbons (Fsp3) is 0.500. The summed E-state index contributed by atoms with van der Waals surface area (Å²) < 4.78 is 5.22. The molecule has 6 atom stereocenters. The summed E-state index contributed by atoms with van der Waals surface area (Å²) in [5.74, 6) is -8.49. The molecular formula is C28H35N3O9. The first-order chi connectivity index (χ1) is 18.4. The first-order valence-corrected chi connectivity index (χ1v) is 12.8. The number of nitrogens with one attached hydrogen (secondary N) is 1. The van der Waals surface area contributed by atoms with Crippen molar-refractivity contribution >= 4 is 29.3 Å². The number of nitrogens with zero attached hydrogens (tertiary/aromatic N) is 1. The topological polar surface area (TPSA) is 200 Å². The molecule has 3 aliphatic rings. The highest BCUT2D eigenvalue weighted by Gasteiger charge is 2.67. The van der Waals surface area contributed by atoms with E-state index in [0.29, 0.717) is 5.56 Å². The number of Topliss-reactive ketones (excluding diaryl/α,β-unsaturated/α-hetero) is 2. The number of fused-ring (bicyclic) bond motifs is 3. The number of ketones is 2. The van der Waals surface area contributed by atoms with Crippen molar-refractivity contribution in [1.82, 2.24) is 4.90 Å². The van der Waals surface area contributed by atoms with Crippen molar-refractivity contribution in [3.63, 3.8) is 0 Å². The molecule has 0 unspecified atom stereocenters. The minimum Gasteiger partial charge on any atom is -0.510 e. The van der Waals surface area contributed by atoms with Gasteiger partial charge in [-0.25, -0.2) is 4.79 Å². The summed E-state index contributed by atoms with van der Waals surface area (Å²) in [6, 6.07) is 3.27. The Balaban J connectivity index is 1.83. The number of carbonyl (C=O) groups is 4. The zero-order chi connectivity index (χ0) is 30.1. The molecule has 4 rings (SSSR count). The van der Waals surface area contributed by atoms with Crippen molar-refractivity contribution in [3.05, 3.63) is 52.0 Å². The zero-order valence-corrected chi connectivity index (χ0v) is 23.2. The van der Waals surface area contributed by atoms with Crippen LogP contribution < -0.4 is 11.1 Å². The number of carbonyl (C=O) groups excluding carboxylic acids is 4. The molecule has 216 valence electrons. The second-order valence-electron chi connectivity index (χ2n) is 12.1. The molecular weight excluding hydrogens is 522 g/mol. The van der Waals surface area contributed by atoms with Crippen molar-refractivity contribution in [2.45, 2.75) is 51.4 Å². The van der Waals surface area contributed by atoms with E-state index in [1.807, 2.05) is 20.8 Å². The van der Waals surface area contributed by atoms with E-state index in [-0.39, 0.29) is 23.3 Å². The number of amides is 2. The largest absolute Gasteiger partial charge is 0.510 e. The number of benzene rings is 1. The standard InChI is InChI=1S/C28H35N3O9/c1-11-13-8-7-12(30-26(38)40-10-27(2,3)4)9-14(13)20(32)16-15(11)21(33)18-19(31(5)6)22(34)17(25(29)37)24(36)28(18,39)23(16)35/h7-9,11,15,18-19,21,33-35,39H,10H2,1-6H3,(H2,29,37)(H,30,38)/t11-,15+,18+,19-,21-,28-/m1/s1. The predicted molar refractivity (Wildman–Crippen MR) is 143 cm³/mol. The Hall–Kier alpha value is -3.74. The number of ether oxygens (including phenoxy) is 1. The average Bonchev–Trinajstić information content (AvgIpc) is 2.84. The van der Waals surface area contributed by atoms with Gasteiger partial charge in [0.1, 0.15) is 17.1 Å². The molecule has 1 aromatic rings. The lowest BCUT2D eigenvalue weighted by molar-refractivity contribution is -0.162. The Bertz CT molecular complexity index is 1370. The van der Waals surface area contributed by atoms with Gasteiger partial charge in [0.15, 0.2) is 11.4 Å². The van der Waals surface area contributed by atoms with Gasteiger partial charge in [0, 0.05) is 22.7 Å². The van der Waals surface area contributed by atoms with Crippen LogP contribution in [-0.2, 0) is 14.3 Å². The number of likely N-dealkylation sites (N-methyl/N-ethyl adjacent to an activating group) is 1. The lowest BCUT2D eigenvalue weighted by Gasteiger charge is -2.53. The highest BCUT2D eigenvalue weighted by Crippen LogP contribution is 2.54. The van der Waals surface area contributed by atoms with Gasteiger partial charge in [-0.05, 0) is 43.1 Å². The minimum absolute atomic E-state index is 0.0779. The van der Waals surface area contributed by atoms with Gasteiger partial charge in [0.25, 0.3) is 5.91 Å². The maximum Gasteiger partial charge on any atom is 0.411 e. The molecule has 0 bridgehead atoms. The van der Waals surface area contributed by atoms with Crippen molar-refractivity contribution in [2.75, 3.05) is 26.0 Å². The molecule has 12 heteroatoms. The number of nitrogens with two attached hydrogens (primary N) is 1. The van der Waals surface area contributed by atoms with Crippen LogP contribution in [0.3, 0.4) is 0 Å². The Kier molecular flexibility index (Phi) is 7.11. The minimum atomic E-state index is -2.92. The van der Waals surface area contributed by atoms with E-state index in [1.165, 1.54) is 25.1 Å². The molecule has 7 N–H and O–H groups in total. The van der Waals surface area contributed by atoms with Gasteiger partial charge in [-0.1, -0.05) is 33.8 Å². The van der Waals surface area contributed by atoms with Crippen molar-refractivity contribution in [2.24, 2.45) is 23.0 Å². The molecule has 0 spiro atoms. The maximum absolute atomic E-state index is 13.8. The van der Waals surface area contributed by atoms with Gasteiger partial charge in [-0.3, -0.25) is 24.6 Å². The highest BCUT2D eigenvalue weighted by atomic mass is 16.5. The SMILES string of the molecule is C[C@@H]1c2ccc(NC(=O)OCC(C)(C)C)cc2C(=O)C2=C(O)[C@@]3(O)C(=O)C(C(N)=O)=C(O)[C@H](N(C)C)[C@H]3[C@H](O)[C@H]21. The summed E-state index contributed by atoms with van der Waals surface area (Å²) in [5.41, 5.74) is 1.65. The number of hydrogen-bond acceptors (Lipinski definition) is 10. The molecule has 0 aliphatic heterocycles. The van der Waals surface area contributed by atoms with Gasteiger partial charge in [-0.2, -0.15) is 0 Å². The zero-order valence-electron chi connectivity index (χ0n) is 23.2. The van der Waals surface area contributed by atoms with Gasteiger partial charge in [0.2, 0.25) is 5.78 Å². The van der Waals surface area contributed by atoms with Crippen LogP contribution in [0, 0.1) is 17.3 Å². The Morgan fingerprint density at radius 2 is 1.80 bits per heavy atom. The summed E-state index contributed by atoms with van der Waals surface area (Å²) in [5, 5.41) is 48.2. The van der Waals surface area contributed by atoms with Crippen LogP contribution in [0.2, 0.25) is 0 Å². The lowest BCUT2D eigenvalue weighted by Crippen LogP contribution is -2.68. The van der Waals surface area contributed by atoms with Gasteiger partial charge < -0.3 is 30.9 Å². The van der Waals surface area contributed by atoms with E-state index in [0.717, 1.165) is 0 Å². The molecule has 0 saturated carbocycles. The summed E-state index contributed by atoms with van der Waals surface area (Å²) in [6.45, 7) is 7.55. The fourth-order valence-electron chi connectivity index (χ4n) is 6.07. The van der Waals surface area contributed by atoms with Gasteiger partial charge in [0.05, 0.1) is 24.7 Å². The summed E-state index contributed by atoms with van der Waals surface area (Å²) >= 11 is 0. The molecule has 2 amide bonds. The Morgan fingerprint density at radius 3 is 2.35 bits per heavy atom. The average molecular weight is 558 g/mol. The normalized spacial score (nSPS) is 30.1. The Morgan fingerprint density at radius 1 is 1.18 bits per heavy atom. The van der Waals surface area contributed by atoms with E-state index in [4.69, 9.17) is 10.5 Å². The smallest absolute Gasteiger partial charge is 0.411 e. The molecule has 3 aliphatic carbocycles. The van der Waals surface area contributed by atoms with E-state index >= 15 is 0 Å². The Labute approximate surface area is 231 Å². The van der Waals surface area contributed by atoms with Crippen LogP contribution >= 0.6 is 0 Å². The summed E-state index contributed by atoms with van der Waals surface area (Å²) in [6.07, 6.45) is -2.34. The fourth-order valence-corrected chi connectivity index (χ4v) is 6.07. The molecule has 0 fully saturated rings. The van der Waals surface area contributed by atoms with Crippen LogP contribution in [0.25, 0.3) is 0 Å². The second kappa shape index (κ2) is 9.72. The second-order valence-corrected chi connectivity index (χ2v) is 12.1. The van der Waals surface area contributed by atoms with Crippen LogP contribution in [-0.4, -0.2) is 87.3 Å². The summed E-state index contributed by atoms with van der Waals surface area (Å²) in [4.78, 5) is 53.0. The van der Waals surface area contributed by atoms with Gasteiger partial charge >= 0.3 is 6.09 Å². The van der Waals surface area contributed by atoms with Crippen molar-refractivity contribution < 1.29 is 44.3 Å². The van der Waals surface area contributed by atoms with E-state index < -0.39 is 81.7 Å². The maximum atomic E-state index is 13.8.